The lowest BCUT2D eigenvalue weighted by Gasteiger charge is -2.12. The predicted octanol–water partition coefficient (Wildman–Crippen LogP) is 3.18. The van der Waals surface area contributed by atoms with E-state index in [1.54, 1.807) is 0 Å². The van der Waals surface area contributed by atoms with Gasteiger partial charge in [0.25, 0.3) is 5.56 Å². The van der Waals surface area contributed by atoms with Crippen molar-refractivity contribution in [1.82, 2.24) is 9.97 Å². The van der Waals surface area contributed by atoms with E-state index in [9.17, 15) is 4.79 Å². The van der Waals surface area contributed by atoms with Gasteiger partial charge in [-0.1, -0.05) is 25.5 Å². The van der Waals surface area contributed by atoms with Crippen molar-refractivity contribution in [2.24, 2.45) is 0 Å². The quantitative estimate of drug-likeness (QED) is 0.909. The minimum atomic E-state index is -0.0629. The Bertz CT molecular complexity index is 632. The number of hydrogen-bond acceptors (Lipinski definition) is 3. The Morgan fingerprint density at radius 2 is 2.15 bits per heavy atom. The third kappa shape index (κ3) is 3.26. The zero-order valence-corrected chi connectivity index (χ0v) is 12.1. The Hall–Kier alpha value is -2.10. The molecule has 0 radical (unpaired) electrons. The normalized spacial score (nSPS) is 10.8. The molecule has 0 aliphatic rings. The Balaban J connectivity index is 2.46. The maximum atomic E-state index is 11.9. The zero-order chi connectivity index (χ0) is 14.5. The Morgan fingerprint density at radius 3 is 2.85 bits per heavy atom. The van der Waals surface area contributed by atoms with E-state index < -0.39 is 0 Å². The van der Waals surface area contributed by atoms with Crippen molar-refractivity contribution in [2.45, 2.75) is 39.7 Å². The van der Waals surface area contributed by atoms with Crippen molar-refractivity contribution in [3.8, 4) is 17.0 Å². The van der Waals surface area contributed by atoms with Crippen LogP contribution in [0.5, 0.6) is 5.75 Å². The summed E-state index contributed by atoms with van der Waals surface area (Å²) in [7, 11) is 0. The van der Waals surface area contributed by atoms with E-state index in [0.717, 1.165) is 29.0 Å². The molecular formula is C16H20N2O2. The third-order valence-electron chi connectivity index (χ3n) is 2.93. The molecule has 106 valence electrons. The highest BCUT2D eigenvalue weighted by Gasteiger charge is 2.11. The van der Waals surface area contributed by atoms with Crippen LogP contribution in [0.3, 0.4) is 0 Å². The van der Waals surface area contributed by atoms with Crippen molar-refractivity contribution in [1.29, 1.82) is 0 Å². The van der Waals surface area contributed by atoms with Crippen LogP contribution in [0.15, 0.2) is 35.4 Å². The fourth-order valence-corrected chi connectivity index (χ4v) is 2.15. The molecule has 0 aliphatic carbocycles. The molecule has 0 spiro atoms. The second-order valence-corrected chi connectivity index (χ2v) is 5.00. The van der Waals surface area contributed by atoms with Crippen LogP contribution in [0.2, 0.25) is 0 Å². The fourth-order valence-electron chi connectivity index (χ4n) is 2.15. The van der Waals surface area contributed by atoms with Crippen LogP contribution in [0.25, 0.3) is 11.3 Å². The molecule has 1 aromatic heterocycles. The highest BCUT2D eigenvalue weighted by molar-refractivity contribution is 5.64. The number of aromatic amines is 1. The van der Waals surface area contributed by atoms with E-state index in [1.165, 1.54) is 6.33 Å². The summed E-state index contributed by atoms with van der Waals surface area (Å²) in [6, 6.07) is 7.72. The van der Waals surface area contributed by atoms with E-state index in [-0.39, 0.29) is 11.7 Å². The molecule has 20 heavy (non-hydrogen) atoms. The molecule has 0 atom stereocenters. The van der Waals surface area contributed by atoms with Crippen LogP contribution < -0.4 is 10.3 Å². The van der Waals surface area contributed by atoms with Crippen molar-refractivity contribution in [2.75, 3.05) is 0 Å². The molecule has 0 aliphatic heterocycles. The van der Waals surface area contributed by atoms with E-state index >= 15 is 0 Å². The van der Waals surface area contributed by atoms with Crippen LogP contribution in [0, 0.1) is 0 Å². The summed E-state index contributed by atoms with van der Waals surface area (Å²) >= 11 is 0. The molecule has 2 aromatic rings. The van der Waals surface area contributed by atoms with Gasteiger partial charge in [0.1, 0.15) is 5.75 Å². The van der Waals surface area contributed by atoms with Gasteiger partial charge in [-0.2, -0.15) is 0 Å². The predicted molar refractivity (Wildman–Crippen MR) is 80.1 cm³/mol. The highest BCUT2D eigenvalue weighted by atomic mass is 16.5. The van der Waals surface area contributed by atoms with E-state index in [2.05, 4.69) is 16.9 Å². The lowest BCUT2D eigenvalue weighted by molar-refractivity contribution is 0.242. The maximum Gasteiger partial charge on any atom is 0.254 e. The van der Waals surface area contributed by atoms with Crippen LogP contribution >= 0.6 is 0 Å². The average Bonchev–Trinajstić information content (AvgIpc) is 2.41. The molecule has 0 amide bonds. The Kier molecular flexibility index (Phi) is 4.56. The Labute approximate surface area is 118 Å². The zero-order valence-electron chi connectivity index (χ0n) is 12.1. The SMILES string of the molecule is CCCc1c(-c2cccc(OC(C)C)c2)nc[nH]c1=O. The van der Waals surface area contributed by atoms with Crippen LogP contribution in [-0.2, 0) is 6.42 Å². The number of aromatic nitrogens is 2. The lowest BCUT2D eigenvalue weighted by Crippen LogP contribution is -2.14. The number of nitrogens with zero attached hydrogens (tertiary/aromatic N) is 1. The molecule has 1 N–H and O–H groups in total. The first kappa shape index (κ1) is 14.3. The molecule has 4 nitrogen and oxygen atoms in total. The van der Waals surface area contributed by atoms with Crippen LogP contribution in [0.1, 0.15) is 32.8 Å². The van der Waals surface area contributed by atoms with Crippen molar-refractivity contribution in [3.63, 3.8) is 0 Å². The topological polar surface area (TPSA) is 55.0 Å². The first-order valence-corrected chi connectivity index (χ1v) is 6.95. The van der Waals surface area contributed by atoms with Gasteiger partial charge in [0.05, 0.1) is 18.1 Å². The molecule has 0 unspecified atom stereocenters. The van der Waals surface area contributed by atoms with Gasteiger partial charge in [-0.25, -0.2) is 4.98 Å². The van der Waals surface area contributed by atoms with Gasteiger partial charge in [0.2, 0.25) is 0 Å². The lowest BCUT2D eigenvalue weighted by atomic mass is 10.0. The molecule has 0 saturated carbocycles. The van der Waals surface area contributed by atoms with E-state index in [1.807, 2.05) is 38.1 Å². The van der Waals surface area contributed by atoms with Gasteiger partial charge < -0.3 is 9.72 Å². The number of ether oxygens (including phenoxy) is 1. The summed E-state index contributed by atoms with van der Waals surface area (Å²) in [6.07, 6.45) is 3.19. The summed E-state index contributed by atoms with van der Waals surface area (Å²) in [6.45, 7) is 6.02. The van der Waals surface area contributed by atoms with Gasteiger partial charge in [0.15, 0.2) is 0 Å². The molecule has 4 heteroatoms. The maximum absolute atomic E-state index is 11.9. The molecule has 0 saturated heterocycles. The Morgan fingerprint density at radius 1 is 1.35 bits per heavy atom. The summed E-state index contributed by atoms with van der Waals surface area (Å²) in [5, 5.41) is 0. The van der Waals surface area contributed by atoms with Gasteiger partial charge in [-0.15, -0.1) is 0 Å². The summed E-state index contributed by atoms with van der Waals surface area (Å²) in [5.74, 6) is 0.794. The highest BCUT2D eigenvalue weighted by Crippen LogP contribution is 2.24. The fraction of sp³-hybridized carbons (Fsp3) is 0.375. The molecule has 1 heterocycles. The summed E-state index contributed by atoms with van der Waals surface area (Å²) < 4.78 is 5.69. The molecule has 1 aromatic carbocycles. The van der Waals surface area contributed by atoms with Gasteiger partial charge >= 0.3 is 0 Å². The monoisotopic (exact) mass is 272 g/mol. The van der Waals surface area contributed by atoms with Gasteiger partial charge in [0, 0.05) is 11.1 Å². The summed E-state index contributed by atoms with van der Waals surface area (Å²) in [5.41, 5.74) is 2.33. The first-order chi connectivity index (χ1) is 9.61. The second kappa shape index (κ2) is 6.37. The van der Waals surface area contributed by atoms with E-state index in [4.69, 9.17) is 4.74 Å². The minimum Gasteiger partial charge on any atom is -0.491 e. The second-order valence-electron chi connectivity index (χ2n) is 5.00. The number of nitrogens with one attached hydrogen (secondary N) is 1. The van der Waals surface area contributed by atoms with Gasteiger partial charge in [-0.05, 0) is 32.4 Å². The van der Waals surface area contributed by atoms with Crippen molar-refractivity contribution < 1.29 is 4.74 Å². The van der Waals surface area contributed by atoms with Crippen LogP contribution in [-0.4, -0.2) is 16.1 Å². The minimum absolute atomic E-state index is 0.0629. The van der Waals surface area contributed by atoms with E-state index in [0.29, 0.717) is 6.42 Å². The molecule has 0 bridgehead atoms. The average molecular weight is 272 g/mol. The third-order valence-corrected chi connectivity index (χ3v) is 2.93. The largest absolute Gasteiger partial charge is 0.491 e. The first-order valence-electron chi connectivity index (χ1n) is 6.95. The number of rotatable bonds is 5. The molecule has 0 fully saturated rings. The number of H-pyrrole nitrogens is 1. The number of benzene rings is 1. The smallest absolute Gasteiger partial charge is 0.254 e. The standard InChI is InChI=1S/C16H20N2O2/c1-4-6-14-15(17-10-18-16(14)19)12-7-5-8-13(9-12)20-11(2)3/h5,7-11H,4,6H2,1-3H3,(H,17,18,19). The number of hydrogen-bond donors (Lipinski definition) is 1. The molecular weight excluding hydrogens is 252 g/mol. The van der Waals surface area contributed by atoms with Crippen molar-refractivity contribution >= 4 is 0 Å². The van der Waals surface area contributed by atoms with Gasteiger partial charge in [-0.3, -0.25) is 4.79 Å². The van der Waals surface area contributed by atoms with Crippen molar-refractivity contribution in [3.05, 3.63) is 46.5 Å². The van der Waals surface area contributed by atoms with Crippen LogP contribution in [0.4, 0.5) is 0 Å². The molecule has 2 rings (SSSR count). The summed E-state index contributed by atoms with van der Waals surface area (Å²) in [4.78, 5) is 18.9.